The van der Waals surface area contributed by atoms with Gasteiger partial charge in [-0.3, -0.25) is 4.79 Å². The highest BCUT2D eigenvalue weighted by Gasteiger charge is 2.45. The predicted molar refractivity (Wildman–Crippen MR) is 87.1 cm³/mol. The molecule has 1 aliphatic carbocycles. The molecule has 0 radical (unpaired) electrons. The monoisotopic (exact) mass is 322 g/mol. The number of hydrogen-bond acceptors (Lipinski definition) is 4. The van der Waals surface area contributed by atoms with Crippen molar-refractivity contribution in [2.75, 3.05) is 18.6 Å². The highest BCUT2D eigenvalue weighted by atomic mass is 32.2. The van der Waals surface area contributed by atoms with Crippen LogP contribution in [0.2, 0.25) is 0 Å². The highest BCUT2D eigenvalue weighted by molar-refractivity contribution is 7.99. The molecule has 1 N–H and O–H groups in total. The van der Waals surface area contributed by atoms with Gasteiger partial charge in [0.05, 0.1) is 12.5 Å². The van der Waals surface area contributed by atoms with E-state index in [1.807, 2.05) is 30.0 Å². The van der Waals surface area contributed by atoms with E-state index in [4.69, 9.17) is 9.47 Å². The Balaban J connectivity index is 1.98. The molecule has 22 heavy (non-hydrogen) atoms. The van der Waals surface area contributed by atoms with Crippen LogP contribution in [0.4, 0.5) is 0 Å². The van der Waals surface area contributed by atoms with Gasteiger partial charge in [0.1, 0.15) is 6.10 Å². The minimum absolute atomic E-state index is 0.193. The molecule has 1 saturated carbocycles. The number of benzene rings is 1. The molecule has 0 spiro atoms. The molecule has 1 atom stereocenters. The van der Waals surface area contributed by atoms with Crippen LogP contribution < -0.4 is 9.47 Å². The molecule has 0 bridgehead atoms. The maximum Gasteiger partial charge on any atom is 0.314 e. The molecule has 2 aliphatic rings. The van der Waals surface area contributed by atoms with E-state index in [0.717, 1.165) is 36.3 Å². The second-order valence-corrected chi connectivity index (χ2v) is 7.18. The number of carboxylic acid groups (broad SMARTS) is 1. The molecule has 1 aliphatic heterocycles. The smallest absolute Gasteiger partial charge is 0.314 e. The second-order valence-electron chi connectivity index (χ2n) is 6.03. The molecule has 5 heteroatoms. The first-order valence-corrected chi connectivity index (χ1v) is 8.98. The van der Waals surface area contributed by atoms with Crippen molar-refractivity contribution in [3.05, 3.63) is 23.8 Å². The first-order valence-electron chi connectivity index (χ1n) is 7.82. The zero-order valence-corrected chi connectivity index (χ0v) is 13.7. The van der Waals surface area contributed by atoms with E-state index >= 15 is 0 Å². The van der Waals surface area contributed by atoms with Crippen LogP contribution in [0.25, 0.3) is 0 Å². The van der Waals surface area contributed by atoms with E-state index < -0.39 is 11.4 Å². The maximum absolute atomic E-state index is 11.9. The third-order valence-corrected chi connectivity index (χ3v) is 5.88. The van der Waals surface area contributed by atoms with E-state index in [9.17, 15) is 9.90 Å². The van der Waals surface area contributed by atoms with Crippen molar-refractivity contribution in [3.63, 3.8) is 0 Å². The fourth-order valence-electron chi connectivity index (χ4n) is 3.56. The predicted octanol–water partition coefficient (Wildman–Crippen LogP) is 3.48. The number of carbonyl (C=O) groups is 1. The van der Waals surface area contributed by atoms with Crippen LogP contribution in [0.15, 0.2) is 18.2 Å². The zero-order valence-electron chi connectivity index (χ0n) is 12.8. The van der Waals surface area contributed by atoms with Gasteiger partial charge >= 0.3 is 5.97 Å². The van der Waals surface area contributed by atoms with E-state index in [1.54, 1.807) is 7.11 Å². The molecule has 0 aromatic heterocycles. The Bertz CT molecular complexity index is 546. The number of carboxylic acids is 1. The Labute approximate surface area is 135 Å². The SMILES string of the molecule is COc1c(OC2CCSC2)cccc1C1(C(=O)O)CCCC1. The largest absolute Gasteiger partial charge is 0.493 e. The number of para-hydroxylation sites is 1. The van der Waals surface area contributed by atoms with E-state index in [0.29, 0.717) is 24.3 Å². The van der Waals surface area contributed by atoms with Crippen molar-refractivity contribution in [3.8, 4) is 11.5 Å². The fraction of sp³-hybridized carbons (Fsp3) is 0.588. The highest BCUT2D eigenvalue weighted by Crippen LogP contribution is 2.48. The van der Waals surface area contributed by atoms with Gasteiger partial charge in [-0.1, -0.05) is 25.0 Å². The minimum atomic E-state index is -0.824. The number of ether oxygens (including phenoxy) is 2. The van der Waals surface area contributed by atoms with Gasteiger partial charge < -0.3 is 14.6 Å². The first-order chi connectivity index (χ1) is 10.7. The van der Waals surface area contributed by atoms with Crippen molar-refractivity contribution in [2.45, 2.75) is 43.6 Å². The lowest BCUT2D eigenvalue weighted by molar-refractivity contribution is -0.143. The molecule has 2 fully saturated rings. The summed E-state index contributed by atoms with van der Waals surface area (Å²) in [5, 5.41) is 9.81. The number of methoxy groups -OCH3 is 1. The summed E-state index contributed by atoms with van der Waals surface area (Å²) in [6, 6.07) is 5.66. The van der Waals surface area contributed by atoms with Crippen LogP contribution in [0.5, 0.6) is 11.5 Å². The topological polar surface area (TPSA) is 55.8 Å². The van der Waals surface area contributed by atoms with Crippen LogP contribution >= 0.6 is 11.8 Å². The van der Waals surface area contributed by atoms with Crippen LogP contribution in [-0.2, 0) is 10.2 Å². The van der Waals surface area contributed by atoms with Crippen molar-refractivity contribution in [2.24, 2.45) is 0 Å². The average Bonchev–Trinajstić information content (AvgIpc) is 3.19. The van der Waals surface area contributed by atoms with Gasteiger partial charge in [-0.15, -0.1) is 0 Å². The fourth-order valence-corrected chi connectivity index (χ4v) is 4.65. The van der Waals surface area contributed by atoms with Gasteiger partial charge in [0.2, 0.25) is 0 Å². The van der Waals surface area contributed by atoms with Crippen LogP contribution in [0.1, 0.15) is 37.7 Å². The van der Waals surface area contributed by atoms with Crippen molar-refractivity contribution < 1.29 is 19.4 Å². The lowest BCUT2D eigenvalue weighted by Gasteiger charge is -2.28. The molecule has 1 saturated heterocycles. The van der Waals surface area contributed by atoms with Crippen LogP contribution in [0, 0.1) is 0 Å². The molecule has 3 rings (SSSR count). The van der Waals surface area contributed by atoms with Gasteiger partial charge in [-0.2, -0.15) is 11.8 Å². The van der Waals surface area contributed by atoms with Crippen molar-refractivity contribution in [1.29, 1.82) is 0 Å². The molecule has 1 unspecified atom stereocenters. The minimum Gasteiger partial charge on any atom is -0.493 e. The quantitative estimate of drug-likeness (QED) is 0.899. The average molecular weight is 322 g/mol. The number of rotatable bonds is 5. The Hall–Kier alpha value is -1.36. The summed E-state index contributed by atoms with van der Waals surface area (Å²) < 4.78 is 11.7. The lowest BCUT2D eigenvalue weighted by Crippen LogP contribution is -2.33. The number of aliphatic carboxylic acids is 1. The standard InChI is InChI=1S/C17H22O4S/c1-20-15-13(17(16(18)19)8-2-3-9-17)5-4-6-14(15)21-12-7-10-22-11-12/h4-6,12H,2-3,7-11H2,1H3,(H,18,19). The molecule has 1 aromatic carbocycles. The summed E-state index contributed by atoms with van der Waals surface area (Å²) >= 11 is 1.89. The zero-order chi connectivity index (χ0) is 15.6. The third-order valence-electron chi connectivity index (χ3n) is 4.75. The van der Waals surface area contributed by atoms with E-state index in [-0.39, 0.29) is 6.10 Å². The summed E-state index contributed by atoms with van der Waals surface area (Å²) in [6.45, 7) is 0. The Morgan fingerprint density at radius 2 is 2.14 bits per heavy atom. The number of thioether (sulfide) groups is 1. The van der Waals surface area contributed by atoms with Gasteiger partial charge in [0.25, 0.3) is 0 Å². The molecular weight excluding hydrogens is 300 g/mol. The third kappa shape index (κ3) is 2.67. The molecular formula is C17H22O4S. The van der Waals surface area contributed by atoms with Gasteiger partial charge in [-0.25, -0.2) is 0 Å². The van der Waals surface area contributed by atoms with Crippen LogP contribution in [-0.4, -0.2) is 35.8 Å². The normalized spacial score (nSPS) is 23.4. The Morgan fingerprint density at radius 1 is 1.36 bits per heavy atom. The summed E-state index contributed by atoms with van der Waals surface area (Å²) in [7, 11) is 1.60. The van der Waals surface area contributed by atoms with Gasteiger partial charge in [0, 0.05) is 11.3 Å². The summed E-state index contributed by atoms with van der Waals surface area (Å²) in [5.41, 5.74) is -0.0575. The van der Waals surface area contributed by atoms with Gasteiger partial charge in [0.15, 0.2) is 11.5 Å². The summed E-state index contributed by atoms with van der Waals surface area (Å²) in [6.07, 6.45) is 4.45. The Kier molecular flexibility index (Phi) is 4.52. The molecule has 120 valence electrons. The lowest BCUT2D eigenvalue weighted by atomic mass is 9.78. The van der Waals surface area contributed by atoms with Gasteiger partial charge in [-0.05, 0) is 31.1 Å². The van der Waals surface area contributed by atoms with Crippen molar-refractivity contribution in [1.82, 2.24) is 0 Å². The molecule has 4 nitrogen and oxygen atoms in total. The first kappa shape index (κ1) is 15.5. The number of hydrogen-bond donors (Lipinski definition) is 1. The molecule has 1 aromatic rings. The van der Waals surface area contributed by atoms with Crippen LogP contribution in [0.3, 0.4) is 0 Å². The summed E-state index contributed by atoms with van der Waals surface area (Å²) in [4.78, 5) is 11.9. The maximum atomic E-state index is 11.9. The van der Waals surface area contributed by atoms with E-state index in [2.05, 4.69) is 0 Å². The van der Waals surface area contributed by atoms with Crippen molar-refractivity contribution >= 4 is 17.7 Å². The second kappa shape index (κ2) is 6.41. The Morgan fingerprint density at radius 3 is 2.73 bits per heavy atom. The summed E-state index contributed by atoms with van der Waals surface area (Å²) in [5.74, 6) is 2.63. The molecule has 0 amide bonds. The molecule has 1 heterocycles. The van der Waals surface area contributed by atoms with E-state index in [1.165, 1.54) is 0 Å².